The highest BCUT2D eigenvalue weighted by Gasteiger charge is 2.14. The lowest BCUT2D eigenvalue weighted by Crippen LogP contribution is -2.45. The largest absolute Gasteiger partial charge is 0.304 e. The van der Waals surface area contributed by atoms with Crippen molar-refractivity contribution in [3.05, 3.63) is 15.6 Å². The summed E-state index contributed by atoms with van der Waals surface area (Å²) in [4.78, 5) is 10.9. The molecule has 1 aromatic heterocycles. The van der Waals surface area contributed by atoms with Gasteiger partial charge in [-0.05, 0) is 14.0 Å². The highest BCUT2D eigenvalue weighted by Crippen LogP contribution is 2.20. The molecule has 3 nitrogen and oxygen atoms in total. The Balaban J connectivity index is 1.81. The van der Waals surface area contributed by atoms with Crippen molar-refractivity contribution in [2.24, 2.45) is 0 Å². The lowest BCUT2D eigenvalue weighted by atomic mass is 10.3. The minimum absolute atomic E-state index is 0.817. The Kier molecular flexibility index (Phi) is 4.85. The van der Waals surface area contributed by atoms with Gasteiger partial charge in [0.15, 0.2) is 0 Å². The van der Waals surface area contributed by atoms with E-state index in [1.165, 1.54) is 41.8 Å². The molecule has 2 heterocycles. The van der Waals surface area contributed by atoms with E-state index in [1.54, 1.807) is 0 Å². The van der Waals surface area contributed by atoms with Gasteiger partial charge < -0.3 is 9.80 Å². The predicted octanol–water partition coefficient (Wildman–Crippen LogP) is 1.67. The third kappa shape index (κ3) is 3.68. The van der Waals surface area contributed by atoms with Crippen LogP contribution in [0.25, 0.3) is 0 Å². The number of rotatable bonds is 4. The molecule has 1 saturated heterocycles. The van der Waals surface area contributed by atoms with Gasteiger partial charge in [-0.15, -0.1) is 11.3 Å². The van der Waals surface area contributed by atoms with Crippen LogP contribution in [0.1, 0.15) is 15.6 Å². The van der Waals surface area contributed by atoms with Gasteiger partial charge in [0.05, 0.1) is 10.7 Å². The van der Waals surface area contributed by atoms with Crippen LogP contribution in [-0.2, 0) is 12.2 Å². The number of aromatic nitrogens is 1. The summed E-state index contributed by atoms with van der Waals surface area (Å²) < 4.78 is 0. The topological polar surface area (TPSA) is 19.4 Å². The van der Waals surface area contributed by atoms with Crippen LogP contribution in [-0.4, -0.2) is 54.6 Å². The first-order valence-corrected chi connectivity index (χ1v) is 7.61. The summed E-state index contributed by atoms with van der Waals surface area (Å²) >= 11 is 6.15. The van der Waals surface area contributed by atoms with Crippen LogP contribution in [0.3, 0.4) is 0 Å². The molecule has 1 aromatic rings. The number of thiol groups is 1. The molecule has 0 N–H and O–H groups in total. The summed E-state index contributed by atoms with van der Waals surface area (Å²) in [5.41, 5.74) is 1.17. The Morgan fingerprint density at radius 2 is 2.00 bits per heavy atom. The van der Waals surface area contributed by atoms with Crippen molar-refractivity contribution in [2.45, 2.75) is 19.1 Å². The zero-order valence-electron chi connectivity index (χ0n) is 10.6. The van der Waals surface area contributed by atoms with Crippen LogP contribution in [0.15, 0.2) is 0 Å². The first-order chi connectivity index (χ1) is 8.19. The van der Waals surface area contributed by atoms with Crippen molar-refractivity contribution in [3.8, 4) is 0 Å². The SMILES string of the molecule is Cc1nc(CCN2CCN(C)CC2)sc1CS. The molecule has 0 saturated carbocycles. The van der Waals surface area contributed by atoms with E-state index in [1.807, 2.05) is 11.3 Å². The lowest BCUT2D eigenvalue weighted by molar-refractivity contribution is 0.155. The van der Waals surface area contributed by atoms with E-state index in [9.17, 15) is 0 Å². The van der Waals surface area contributed by atoms with Gasteiger partial charge >= 0.3 is 0 Å². The van der Waals surface area contributed by atoms with E-state index >= 15 is 0 Å². The van der Waals surface area contributed by atoms with Gasteiger partial charge in [-0.3, -0.25) is 0 Å². The van der Waals surface area contributed by atoms with Gasteiger partial charge in [0.2, 0.25) is 0 Å². The number of piperazine rings is 1. The van der Waals surface area contributed by atoms with Crippen molar-refractivity contribution >= 4 is 24.0 Å². The number of likely N-dealkylation sites (N-methyl/N-ethyl adjacent to an activating group) is 1. The molecule has 17 heavy (non-hydrogen) atoms. The first-order valence-electron chi connectivity index (χ1n) is 6.16. The molecule has 0 aliphatic carbocycles. The Bertz CT molecular complexity index is 357. The Labute approximate surface area is 113 Å². The smallest absolute Gasteiger partial charge is 0.0944 e. The molecular weight excluding hydrogens is 250 g/mol. The Morgan fingerprint density at radius 1 is 1.29 bits per heavy atom. The van der Waals surface area contributed by atoms with Crippen LogP contribution < -0.4 is 0 Å². The molecule has 1 aliphatic rings. The monoisotopic (exact) mass is 271 g/mol. The maximum absolute atomic E-state index is 4.61. The molecule has 0 aromatic carbocycles. The van der Waals surface area contributed by atoms with E-state index in [4.69, 9.17) is 0 Å². The second-order valence-electron chi connectivity index (χ2n) is 4.67. The van der Waals surface area contributed by atoms with Crippen molar-refractivity contribution < 1.29 is 0 Å². The summed E-state index contributed by atoms with van der Waals surface area (Å²) in [7, 11) is 2.19. The fourth-order valence-corrected chi connectivity index (χ4v) is 3.41. The summed E-state index contributed by atoms with van der Waals surface area (Å²) in [6, 6.07) is 0. The number of aryl methyl sites for hydroxylation is 1. The van der Waals surface area contributed by atoms with Crippen molar-refractivity contribution in [1.29, 1.82) is 0 Å². The van der Waals surface area contributed by atoms with Crippen LogP contribution >= 0.6 is 24.0 Å². The molecule has 1 aliphatic heterocycles. The molecule has 5 heteroatoms. The highest BCUT2D eigenvalue weighted by atomic mass is 32.1. The normalized spacial score (nSPS) is 18.8. The van der Waals surface area contributed by atoms with Gasteiger partial charge in [-0.1, -0.05) is 0 Å². The second kappa shape index (κ2) is 6.18. The summed E-state index contributed by atoms with van der Waals surface area (Å²) in [5.74, 6) is 0.817. The molecule has 0 spiro atoms. The average Bonchev–Trinajstić information content (AvgIpc) is 2.69. The molecule has 0 radical (unpaired) electrons. The summed E-state index contributed by atoms with van der Waals surface area (Å²) in [6.07, 6.45) is 1.09. The molecule has 2 rings (SSSR count). The van der Waals surface area contributed by atoms with E-state index in [-0.39, 0.29) is 0 Å². The zero-order valence-corrected chi connectivity index (χ0v) is 12.4. The van der Waals surface area contributed by atoms with E-state index in [0.29, 0.717) is 0 Å². The Morgan fingerprint density at radius 3 is 2.59 bits per heavy atom. The summed E-state index contributed by atoms with van der Waals surface area (Å²) in [5, 5.41) is 1.27. The molecule has 0 unspecified atom stereocenters. The van der Waals surface area contributed by atoms with E-state index < -0.39 is 0 Å². The minimum atomic E-state index is 0.817. The maximum Gasteiger partial charge on any atom is 0.0944 e. The molecule has 1 fully saturated rings. The maximum atomic E-state index is 4.61. The number of thiazole rings is 1. The van der Waals surface area contributed by atoms with Gasteiger partial charge in [0.25, 0.3) is 0 Å². The van der Waals surface area contributed by atoms with Gasteiger partial charge in [-0.2, -0.15) is 12.6 Å². The third-order valence-electron chi connectivity index (χ3n) is 3.32. The minimum Gasteiger partial charge on any atom is -0.304 e. The fraction of sp³-hybridized carbons (Fsp3) is 0.750. The molecule has 96 valence electrons. The van der Waals surface area contributed by atoms with Crippen LogP contribution in [0.2, 0.25) is 0 Å². The van der Waals surface area contributed by atoms with Gasteiger partial charge in [0.1, 0.15) is 0 Å². The third-order valence-corrected chi connectivity index (χ3v) is 5.07. The molecule has 0 atom stereocenters. The molecule has 0 bridgehead atoms. The highest BCUT2D eigenvalue weighted by molar-refractivity contribution is 7.79. The van der Waals surface area contributed by atoms with E-state index in [0.717, 1.165) is 18.7 Å². The number of hydrogen-bond acceptors (Lipinski definition) is 5. The zero-order chi connectivity index (χ0) is 12.3. The quantitative estimate of drug-likeness (QED) is 0.841. The van der Waals surface area contributed by atoms with E-state index in [2.05, 4.69) is 41.4 Å². The van der Waals surface area contributed by atoms with Crippen LogP contribution in [0.4, 0.5) is 0 Å². The molecule has 0 amide bonds. The Hall–Kier alpha value is -0.100. The van der Waals surface area contributed by atoms with Crippen molar-refractivity contribution in [1.82, 2.24) is 14.8 Å². The number of hydrogen-bond donors (Lipinski definition) is 1. The average molecular weight is 271 g/mol. The number of nitrogens with zero attached hydrogens (tertiary/aromatic N) is 3. The van der Waals surface area contributed by atoms with Crippen molar-refractivity contribution in [2.75, 3.05) is 39.8 Å². The van der Waals surface area contributed by atoms with Crippen LogP contribution in [0.5, 0.6) is 0 Å². The second-order valence-corrected chi connectivity index (χ2v) is 6.15. The predicted molar refractivity (Wildman–Crippen MR) is 77.2 cm³/mol. The van der Waals surface area contributed by atoms with Gasteiger partial charge in [0, 0.05) is 49.8 Å². The standard InChI is InChI=1S/C12H21N3S2/c1-10-11(9-16)17-12(13-10)3-4-15-7-5-14(2)6-8-15/h16H,3-9H2,1-2H3. The lowest BCUT2D eigenvalue weighted by Gasteiger charge is -2.32. The van der Waals surface area contributed by atoms with Crippen LogP contribution in [0, 0.1) is 6.92 Å². The van der Waals surface area contributed by atoms with Gasteiger partial charge in [-0.25, -0.2) is 4.98 Å². The first kappa shape index (κ1) is 13.3. The van der Waals surface area contributed by atoms with Crippen molar-refractivity contribution in [3.63, 3.8) is 0 Å². The fourth-order valence-electron chi connectivity index (χ4n) is 2.07. The molecular formula is C12H21N3S2. The summed E-state index contributed by atoms with van der Waals surface area (Å²) in [6.45, 7) is 8.01.